The molecule has 1 aliphatic carbocycles. The van der Waals surface area contributed by atoms with Crippen molar-refractivity contribution in [2.75, 3.05) is 20.2 Å². The third-order valence-corrected chi connectivity index (χ3v) is 4.83. The molecule has 116 valence electrons. The average molecular weight is 282 g/mol. The minimum atomic E-state index is -0.165. The standard InChI is InChI=1S/C16H30N2O2/c1-12(2)17-14(16(19)20-3)9-11-18-10-5-7-13-6-4-8-15(13)18/h12-15,17H,4-11H2,1-3H3. The van der Waals surface area contributed by atoms with Crippen LogP contribution in [0.25, 0.3) is 0 Å². The van der Waals surface area contributed by atoms with Crippen molar-refractivity contribution in [1.29, 1.82) is 0 Å². The van der Waals surface area contributed by atoms with Crippen LogP contribution in [0.15, 0.2) is 0 Å². The molecule has 2 rings (SSSR count). The van der Waals surface area contributed by atoms with E-state index in [0.29, 0.717) is 6.04 Å². The molecule has 0 spiro atoms. The van der Waals surface area contributed by atoms with Crippen molar-refractivity contribution in [1.82, 2.24) is 10.2 Å². The largest absolute Gasteiger partial charge is 0.468 e. The number of nitrogens with zero attached hydrogens (tertiary/aromatic N) is 1. The van der Waals surface area contributed by atoms with E-state index in [1.54, 1.807) is 0 Å². The van der Waals surface area contributed by atoms with E-state index in [4.69, 9.17) is 4.74 Å². The molecule has 1 N–H and O–H groups in total. The van der Waals surface area contributed by atoms with Crippen molar-refractivity contribution in [2.45, 2.75) is 70.5 Å². The average Bonchev–Trinajstić information content (AvgIpc) is 2.91. The van der Waals surface area contributed by atoms with Gasteiger partial charge in [-0.2, -0.15) is 0 Å². The zero-order valence-corrected chi connectivity index (χ0v) is 13.2. The minimum Gasteiger partial charge on any atom is -0.468 e. The van der Waals surface area contributed by atoms with Crippen molar-refractivity contribution in [3.05, 3.63) is 0 Å². The molecule has 4 nitrogen and oxygen atoms in total. The second-order valence-electron chi connectivity index (χ2n) is 6.62. The Kier molecular flexibility index (Phi) is 5.85. The van der Waals surface area contributed by atoms with Gasteiger partial charge in [0.15, 0.2) is 0 Å². The summed E-state index contributed by atoms with van der Waals surface area (Å²) >= 11 is 0. The molecule has 0 radical (unpaired) electrons. The van der Waals surface area contributed by atoms with Gasteiger partial charge in [-0.05, 0) is 44.6 Å². The van der Waals surface area contributed by atoms with Gasteiger partial charge in [-0.15, -0.1) is 0 Å². The smallest absolute Gasteiger partial charge is 0.322 e. The number of piperidine rings is 1. The Labute approximate surface area is 123 Å². The van der Waals surface area contributed by atoms with E-state index in [0.717, 1.165) is 24.9 Å². The molecule has 1 saturated carbocycles. The van der Waals surface area contributed by atoms with Crippen LogP contribution in [0.5, 0.6) is 0 Å². The van der Waals surface area contributed by atoms with E-state index >= 15 is 0 Å². The molecular weight excluding hydrogens is 252 g/mol. The molecule has 3 unspecified atom stereocenters. The molecule has 2 aliphatic rings. The van der Waals surface area contributed by atoms with Gasteiger partial charge in [-0.1, -0.05) is 20.3 Å². The first-order valence-corrected chi connectivity index (χ1v) is 8.19. The summed E-state index contributed by atoms with van der Waals surface area (Å²) in [5.74, 6) is 0.789. The number of ether oxygens (including phenoxy) is 1. The van der Waals surface area contributed by atoms with E-state index in [9.17, 15) is 4.79 Å². The maximum absolute atomic E-state index is 11.8. The first-order valence-electron chi connectivity index (χ1n) is 8.19. The van der Waals surface area contributed by atoms with Crippen LogP contribution in [-0.2, 0) is 9.53 Å². The van der Waals surface area contributed by atoms with E-state index < -0.39 is 0 Å². The summed E-state index contributed by atoms with van der Waals surface area (Å²) in [5, 5.41) is 3.33. The number of hydrogen-bond donors (Lipinski definition) is 1. The number of carbonyl (C=O) groups excluding carboxylic acids is 1. The third kappa shape index (κ3) is 3.95. The summed E-state index contributed by atoms with van der Waals surface area (Å²) in [6.45, 7) is 6.37. The second kappa shape index (κ2) is 7.41. The number of methoxy groups -OCH3 is 1. The van der Waals surface area contributed by atoms with Crippen molar-refractivity contribution >= 4 is 5.97 Å². The first kappa shape index (κ1) is 15.8. The zero-order chi connectivity index (χ0) is 14.5. The lowest BCUT2D eigenvalue weighted by molar-refractivity contribution is -0.143. The predicted octanol–water partition coefficient (Wildman–Crippen LogP) is 2.18. The van der Waals surface area contributed by atoms with E-state index in [2.05, 4.69) is 24.1 Å². The van der Waals surface area contributed by atoms with Crippen LogP contribution in [0.3, 0.4) is 0 Å². The Morgan fingerprint density at radius 1 is 1.30 bits per heavy atom. The molecule has 3 atom stereocenters. The summed E-state index contributed by atoms with van der Waals surface area (Å²) in [5.41, 5.74) is 0. The molecule has 0 aromatic rings. The van der Waals surface area contributed by atoms with Crippen LogP contribution < -0.4 is 5.32 Å². The summed E-state index contributed by atoms with van der Waals surface area (Å²) < 4.78 is 4.92. The molecule has 2 fully saturated rings. The number of hydrogen-bond acceptors (Lipinski definition) is 4. The van der Waals surface area contributed by atoms with E-state index in [1.807, 2.05) is 0 Å². The third-order valence-electron chi connectivity index (χ3n) is 4.83. The van der Waals surface area contributed by atoms with Gasteiger partial charge in [0.2, 0.25) is 0 Å². The number of carbonyl (C=O) groups is 1. The van der Waals surface area contributed by atoms with Crippen LogP contribution in [0.4, 0.5) is 0 Å². The summed E-state index contributed by atoms with van der Waals surface area (Å²) in [6, 6.07) is 0.919. The fourth-order valence-electron chi connectivity index (χ4n) is 3.94. The Hall–Kier alpha value is -0.610. The van der Waals surface area contributed by atoms with Gasteiger partial charge in [0.05, 0.1) is 7.11 Å². The van der Waals surface area contributed by atoms with Crippen LogP contribution in [0, 0.1) is 5.92 Å². The fourth-order valence-corrected chi connectivity index (χ4v) is 3.94. The lowest BCUT2D eigenvalue weighted by Crippen LogP contribution is -2.47. The first-order chi connectivity index (χ1) is 9.61. The molecule has 20 heavy (non-hydrogen) atoms. The van der Waals surface area contributed by atoms with E-state index in [-0.39, 0.29) is 12.0 Å². The Balaban J connectivity index is 1.86. The zero-order valence-electron chi connectivity index (χ0n) is 13.2. The minimum absolute atomic E-state index is 0.126. The quantitative estimate of drug-likeness (QED) is 0.758. The maximum Gasteiger partial charge on any atom is 0.322 e. The van der Waals surface area contributed by atoms with Crippen LogP contribution >= 0.6 is 0 Å². The Morgan fingerprint density at radius 2 is 2.05 bits per heavy atom. The molecule has 0 aromatic carbocycles. The molecule has 1 aliphatic heterocycles. The highest BCUT2D eigenvalue weighted by Gasteiger charge is 2.35. The van der Waals surface area contributed by atoms with Crippen molar-refractivity contribution < 1.29 is 9.53 Å². The Morgan fingerprint density at radius 3 is 2.75 bits per heavy atom. The maximum atomic E-state index is 11.8. The van der Waals surface area contributed by atoms with Gasteiger partial charge >= 0.3 is 5.97 Å². The van der Waals surface area contributed by atoms with Gasteiger partial charge < -0.3 is 15.0 Å². The Bertz CT molecular complexity index is 320. The lowest BCUT2D eigenvalue weighted by atomic mass is 9.91. The predicted molar refractivity (Wildman–Crippen MR) is 80.6 cm³/mol. The number of rotatable bonds is 6. The fraction of sp³-hybridized carbons (Fsp3) is 0.938. The highest BCUT2D eigenvalue weighted by molar-refractivity contribution is 5.75. The number of fused-ring (bicyclic) bond motifs is 1. The molecule has 0 amide bonds. The van der Waals surface area contributed by atoms with Crippen molar-refractivity contribution in [2.24, 2.45) is 5.92 Å². The van der Waals surface area contributed by atoms with Gasteiger partial charge in [0, 0.05) is 18.6 Å². The van der Waals surface area contributed by atoms with Gasteiger partial charge in [-0.3, -0.25) is 4.79 Å². The van der Waals surface area contributed by atoms with Crippen LogP contribution in [-0.4, -0.2) is 49.2 Å². The SMILES string of the molecule is COC(=O)C(CCN1CCCC2CCCC21)NC(C)C. The van der Waals surface area contributed by atoms with E-state index in [1.165, 1.54) is 45.8 Å². The number of likely N-dealkylation sites (tertiary alicyclic amines) is 1. The highest BCUT2D eigenvalue weighted by atomic mass is 16.5. The molecule has 0 aromatic heterocycles. The van der Waals surface area contributed by atoms with Gasteiger partial charge in [0.1, 0.15) is 6.04 Å². The molecule has 1 saturated heterocycles. The number of esters is 1. The highest BCUT2D eigenvalue weighted by Crippen LogP contribution is 2.36. The van der Waals surface area contributed by atoms with Gasteiger partial charge in [0.25, 0.3) is 0 Å². The van der Waals surface area contributed by atoms with Gasteiger partial charge in [-0.25, -0.2) is 0 Å². The summed E-state index contributed by atoms with van der Waals surface area (Å²) in [4.78, 5) is 14.5. The summed E-state index contributed by atoms with van der Waals surface area (Å²) in [7, 11) is 1.48. The molecule has 1 heterocycles. The molecular formula is C16H30N2O2. The lowest BCUT2D eigenvalue weighted by Gasteiger charge is -2.38. The number of nitrogens with one attached hydrogen (secondary N) is 1. The second-order valence-corrected chi connectivity index (χ2v) is 6.62. The topological polar surface area (TPSA) is 41.6 Å². The molecule has 0 bridgehead atoms. The summed E-state index contributed by atoms with van der Waals surface area (Å²) in [6.07, 6.45) is 7.73. The van der Waals surface area contributed by atoms with Crippen molar-refractivity contribution in [3.63, 3.8) is 0 Å². The van der Waals surface area contributed by atoms with Crippen LogP contribution in [0.2, 0.25) is 0 Å². The van der Waals surface area contributed by atoms with Crippen LogP contribution in [0.1, 0.15) is 52.4 Å². The monoisotopic (exact) mass is 282 g/mol. The van der Waals surface area contributed by atoms with Crippen molar-refractivity contribution in [3.8, 4) is 0 Å². The molecule has 4 heteroatoms. The normalized spacial score (nSPS) is 28.4.